The fourth-order valence-electron chi connectivity index (χ4n) is 2.74. The summed E-state index contributed by atoms with van der Waals surface area (Å²) >= 11 is 0. The van der Waals surface area contributed by atoms with E-state index >= 15 is 0 Å². The number of carbonyl (C=O) groups excluding carboxylic acids is 1. The number of benzene rings is 3. The first kappa shape index (κ1) is 21.2. The molecule has 0 saturated heterocycles. The van der Waals surface area contributed by atoms with E-state index in [0.717, 1.165) is 19.2 Å². The van der Waals surface area contributed by atoms with Crippen molar-refractivity contribution in [3.63, 3.8) is 0 Å². The molecule has 0 unspecified atom stereocenters. The zero-order valence-corrected chi connectivity index (χ0v) is 15.8. The Bertz CT molecular complexity index is 1070. The SMILES string of the molecule is COC(=O)COc1ccc(F)c(NCc2cc(-c3cccc(F)c3)ccc2F)c1F. The second kappa shape index (κ2) is 9.30. The van der Waals surface area contributed by atoms with Crippen LogP contribution in [0.25, 0.3) is 11.1 Å². The minimum Gasteiger partial charge on any atom is -0.479 e. The van der Waals surface area contributed by atoms with Crippen molar-refractivity contribution in [2.45, 2.75) is 6.54 Å². The molecule has 0 amide bonds. The molecule has 0 aliphatic carbocycles. The van der Waals surface area contributed by atoms with Crippen LogP contribution in [0.4, 0.5) is 23.2 Å². The molecule has 30 heavy (non-hydrogen) atoms. The number of methoxy groups -OCH3 is 1. The molecule has 0 bridgehead atoms. The van der Waals surface area contributed by atoms with Crippen LogP contribution in [0.3, 0.4) is 0 Å². The quantitative estimate of drug-likeness (QED) is 0.429. The number of ether oxygens (including phenoxy) is 2. The molecule has 0 heterocycles. The molecule has 3 aromatic rings. The first-order valence-corrected chi connectivity index (χ1v) is 8.85. The van der Waals surface area contributed by atoms with E-state index in [9.17, 15) is 22.4 Å². The predicted octanol–water partition coefficient (Wildman–Crippen LogP) is 5.07. The molecule has 0 aromatic heterocycles. The zero-order valence-electron chi connectivity index (χ0n) is 15.8. The third-order valence-electron chi connectivity index (χ3n) is 4.29. The number of nitrogens with one attached hydrogen (secondary N) is 1. The van der Waals surface area contributed by atoms with Crippen LogP contribution in [-0.4, -0.2) is 19.7 Å². The van der Waals surface area contributed by atoms with Gasteiger partial charge in [-0.25, -0.2) is 22.4 Å². The summed E-state index contributed by atoms with van der Waals surface area (Å²) in [5.41, 5.74) is 0.667. The molecule has 0 saturated carbocycles. The van der Waals surface area contributed by atoms with Gasteiger partial charge in [0.25, 0.3) is 0 Å². The van der Waals surface area contributed by atoms with E-state index in [1.165, 1.54) is 36.4 Å². The van der Waals surface area contributed by atoms with Gasteiger partial charge < -0.3 is 14.8 Å². The Kier molecular flexibility index (Phi) is 6.56. The standard InChI is InChI=1S/C22H17F4NO3/c1-29-20(28)12-30-19-8-7-18(25)22(21(19)26)27-11-15-9-14(5-6-17(15)24)13-3-2-4-16(23)10-13/h2-10,27H,11-12H2,1H3. The predicted molar refractivity (Wildman–Crippen MR) is 103 cm³/mol. The van der Waals surface area contributed by atoms with Gasteiger partial charge in [0.15, 0.2) is 18.2 Å². The molecule has 3 rings (SSSR count). The number of esters is 1. The van der Waals surface area contributed by atoms with Crippen molar-refractivity contribution in [3.05, 3.63) is 83.4 Å². The zero-order chi connectivity index (χ0) is 21.7. The van der Waals surface area contributed by atoms with Crippen LogP contribution in [0.1, 0.15) is 5.56 Å². The second-order valence-corrected chi connectivity index (χ2v) is 6.27. The third-order valence-corrected chi connectivity index (χ3v) is 4.29. The molecule has 0 aliphatic rings. The summed E-state index contributed by atoms with van der Waals surface area (Å²) in [5, 5.41) is 2.51. The summed E-state index contributed by atoms with van der Waals surface area (Å²) in [7, 11) is 1.15. The fourth-order valence-corrected chi connectivity index (χ4v) is 2.74. The van der Waals surface area contributed by atoms with Crippen molar-refractivity contribution in [2.24, 2.45) is 0 Å². The van der Waals surface area contributed by atoms with Crippen molar-refractivity contribution in [2.75, 3.05) is 19.0 Å². The van der Waals surface area contributed by atoms with Crippen molar-refractivity contribution < 1.29 is 31.8 Å². The number of hydrogen-bond donors (Lipinski definition) is 1. The molecular weight excluding hydrogens is 402 g/mol. The Balaban J connectivity index is 1.81. The van der Waals surface area contributed by atoms with Gasteiger partial charge in [0.05, 0.1) is 7.11 Å². The summed E-state index contributed by atoms with van der Waals surface area (Å²) < 4.78 is 65.7. The molecule has 3 aromatic carbocycles. The molecule has 0 aliphatic heterocycles. The van der Waals surface area contributed by atoms with Gasteiger partial charge in [-0.3, -0.25) is 0 Å². The summed E-state index contributed by atoms with van der Waals surface area (Å²) in [5.74, 6) is -4.12. The minimum atomic E-state index is -1.07. The number of rotatable bonds is 7. The van der Waals surface area contributed by atoms with Crippen LogP contribution in [0, 0.1) is 23.3 Å². The molecular formula is C22H17F4NO3. The highest BCUT2D eigenvalue weighted by atomic mass is 19.1. The van der Waals surface area contributed by atoms with E-state index in [2.05, 4.69) is 10.1 Å². The van der Waals surface area contributed by atoms with Crippen molar-refractivity contribution in [3.8, 4) is 16.9 Å². The van der Waals surface area contributed by atoms with Gasteiger partial charge in [-0.05, 0) is 47.5 Å². The molecule has 0 atom stereocenters. The van der Waals surface area contributed by atoms with Gasteiger partial charge in [0, 0.05) is 12.1 Å². The normalized spacial score (nSPS) is 10.6. The summed E-state index contributed by atoms with van der Waals surface area (Å²) in [4.78, 5) is 11.1. The van der Waals surface area contributed by atoms with Gasteiger partial charge in [0.2, 0.25) is 0 Å². The summed E-state index contributed by atoms with van der Waals surface area (Å²) in [6.07, 6.45) is 0. The Morgan fingerprint density at radius 1 is 0.933 bits per heavy atom. The lowest BCUT2D eigenvalue weighted by Gasteiger charge is -2.13. The third kappa shape index (κ3) is 4.89. The van der Waals surface area contributed by atoms with Crippen LogP contribution < -0.4 is 10.1 Å². The number of halogens is 4. The first-order chi connectivity index (χ1) is 14.4. The van der Waals surface area contributed by atoms with Gasteiger partial charge in [-0.2, -0.15) is 0 Å². The largest absolute Gasteiger partial charge is 0.479 e. The highest BCUT2D eigenvalue weighted by Gasteiger charge is 2.17. The van der Waals surface area contributed by atoms with E-state index in [1.54, 1.807) is 6.07 Å². The van der Waals surface area contributed by atoms with Crippen LogP contribution in [0.5, 0.6) is 5.75 Å². The van der Waals surface area contributed by atoms with E-state index < -0.39 is 41.5 Å². The van der Waals surface area contributed by atoms with Gasteiger partial charge in [0.1, 0.15) is 23.1 Å². The highest BCUT2D eigenvalue weighted by Crippen LogP contribution is 2.29. The van der Waals surface area contributed by atoms with Crippen molar-refractivity contribution in [1.82, 2.24) is 0 Å². The Labute approximate surface area is 170 Å². The fraction of sp³-hybridized carbons (Fsp3) is 0.136. The highest BCUT2D eigenvalue weighted by molar-refractivity contribution is 5.71. The van der Waals surface area contributed by atoms with E-state index in [-0.39, 0.29) is 17.9 Å². The average molecular weight is 419 g/mol. The van der Waals surface area contributed by atoms with Gasteiger partial charge in [-0.1, -0.05) is 18.2 Å². The smallest absolute Gasteiger partial charge is 0.343 e. The molecule has 0 radical (unpaired) electrons. The topological polar surface area (TPSA) is 47.6 Å². The Morgan fingerprint density at radius 3 is 2.40 bits per heavy atom. The van der Waals surface area contributed by atoms with Crippen molar-refractivity contribution in [1.29, 1.82) is 0 Å². The maximum absolute atomic E-state index is 14.6. The van der Waals surface area contributed by atoms with Crippen molar-refractivity contribution >= 4 is 11.7 Å². The Morgan fingerprint density at radius 2 is 1.67 bits per heavy atom. The van der Waals surface area contributed by atoms with Crippen LogP contribution in [0.2, 0.25) is 0 Å². The molecule has 1 N–H and O–H groups in total. The minimum absolute atomic E-state index is 0.122. The number of hydrogen-bond acceptors (Lipinski definition) is 4. The first-order valence-electron chi connectivity index (χ1n) is 8.85. The maximum atomic E-state index is 14.6. The summed E-state index contributed by atoms with van der Waals surface area (Å²) in [6, 6.07) is 11.9. The van der Waals surface area contributed by atoms with Crippen LogP contribution >= 0.6 is 0 Å². The van der Waals surface area contributed by atoms with E-state index in [0.29, 0.717) is 11.1 Å². The average Bonchev–Trinajstić information content (AvgIpc) is 2.74. The lowest BCUT2D eigenvalue weighted by atomic mass is 10.0. The van der Waals surface area contributed by atoms with Crippen LogP contribution in [0.15, 0.2) is 54.6 Å². The second-order valence-electron chi connectivity index (χ2n) is 6.27. The van der Waals surface area contributed by atoms with Crippen LogP contribution in [-0.2, 0) is 16.1 Å². The van der Waals surface area contributed by atoms with E-state index in [1.807, 2.05) is 0 Å². The van der Waals surface area contributed by atoms with Gasteiger partial charge >= 0.3 is 5.97 Å². The molecule has 4 nitrogen and oxygen atoms in total. The Hall–Kier alpha value is -3.55. The lowest BCUT2D eigenvalue weighted by molar-refractivity contribution is -0.142. The van der Waals surface area contributed by atoms with E-state index in [4.69, 9.17) is 4.74 Å². The number of anilines is 1. The molecule has 0 fully saturated rings. The number of carbonyl (C=O) groups is 1. The monoisotopic (exact) mass is 419 g/mol. The maximum Gasteiger partial charge on any atom is 0.343 e. The molecule has 0 spiro atoms. The van der Waals surface area contributed by atoms with Gasteiger partial charge in [-0.15, -0.1) is 0 Å². The molecule has 8 heteroatoms. The summed E-state index contributed by atoms with van der Waals surface area (Å²) in [6.45, 7) is -0.800. The molecule has 156 valence electrons. The lowest BCUT2D eigenvalue weighted by Crippen LogP contribution is -2.14.